The first-order valence-corrected chi connectivity index (χ1v) is 7.66. The highest BCUT2D eigenvalue weighted by atomic mass is 19.2. The monoisotopic (exact) mass is 359 g/mol. The molecular weight excluding hydrogens is 347 g/mol. The lowest BCUT2D eigenvalue weighted by Gasteiger charge is -2.08. The Morgan fingerprint density at radius 3 is 2.15 bits per heavy atom. The highest BCUT2D eigenvalue weighted by molar-refractivity contribution is 6.03. The number of carbonyl (C=O) groups excluding carboxylic acids is 2. The van der Waals surface area contributed by atoms with Crippen LogP contribution >= 0.6 is 0 Å². The van der Waals surface area contributed by atoms with Gasteiger partial charge in [0.05, 0.1) is 29.2 Å². The van der Waals surface area contributed by atoms with E-state index in [-0.39, 0.29) is 12.3 Å². The van der Waals surface area contributed by atoms with Crippen molar-refractivity contribution in [2.75, 3.05) is 10.6 Å². The van der Waals surface area contributed by atoms with Gasteiger partial charge in [-0.2, -0.15) is 5.26 Å². The topological polar surface area (TPSA) is 82.0 Å². The Labute approximate surface area is 146 Å². The number of rotatable bonds is 4. The van der Waals surface area contributed by atoms with Gasteiger partial charge < -0.3 is 10.6 Å². The Morgan fingerprint density at radius 1 is 0.923 bits per heavy atom. The maximum Gasteiger partial charge on any atom is 0.228 e. The molecule has 0 heterocycles. The quantitative estimate of drug-likeness (QED) is 0.823. The molecule has 2 aromatic rings. The van der Waals surface area contributed by atoms with Crippen molar-refractivity contribution in [1.29, 1.82) is 5.26 Å². The number of nitriles is 1. The summed E-state index contributed by atoms with van der Waals surface area (Å²) in [6, 6.07) is 9.77. The van der Waals surface area contributed by atoms with Crippen LogP contribution in [0.15, 0.2) is 36.4 Å². The molecule has 2 unspecified atom stereocenters. The van der Waals surface area contributed by atoms with Crippen molar-refractivity contribution in [2.45, 2.75) is 6.42 Å². The van der Waals surface area contributed by atoms with E-state index in [4.69, 9.17) is 5.26 Å². The van der Waals surface area contributed by atoms with Crippen LogP contribution in [0.5, 0.6) is 0 Å². The maximum atomic E-state index is 13.6. The summed E-state index contributed by atoms with van der Waals surface area (Å²) < 4.78 is 39.6. The number of hydrogen-bond acceptors (Lipinski definition) is 3. The Balaban J connectivity index is 1.59. The van der Waals surface area contributed by atoms with Crippen LogP contribution in [-0.4, -0.2) is 11.8 Å². The van der Waals surface area contributed by atoms with Crippen molar-refractivity contribution in [1.82, 2.24) is 0 Å². The van der Waals surface area contributed by atoms with E-state index in [2.05, 4.69) is 10.6 Å². The number of nitrogens with one attached hydrogen (secondary N) is 2. The first kappa shape index (κ1) is 17.5. The fourth-order valence-electron chi connectivity index (χ4n) is 2.49. The van der Waals surface area contributed by atoms with Crippen LogP contribution in [0.2, 0.25) is 0 Å². The maximum absolute atomic E-state index is 13.6. The largest absolute Gasteiger partial charge is 0.326 e. The van der Waals surface area contributed by atoms with Crippen molar-refractivity contribution in [2.24, 2.45) is 11.8 Å². The van der Waals surface area contributed by atoms with Crippen molar-refractivity contribution < 1.29 is 22.8 Å². The zero-order chi connectivity index (χ0) is 18.8. The molecule has 2 atom stereocenters. The molecule has 0 bridgehead atoms. The molecule has 1 saturated carbocycles. The van der Waals surface area contributed by atoms with Crippen molar-refractivity contribution in [3.63, 3.8) is 0 Å². The summed E-state index contributed by atoms with van der Waals surface area (Å²) in [5.41, 5.74) is 0.444. The van der Waals surface area contributed by atoms with Crippen LogP contribution in [0, 0.1) is 40.6 Å². The van der Waals surface area contributed by atoms with Crippen LogP contribution in [0.1, 0.15) is 12.0 Å². The third-order valence-corrected chi connectivity index (χ3v) is 4.04. The van der Waals surface area contributed by atoms with E-state index >= 15 is 0 Å². The minimum atomic E-state index is -1.67. The highest BCUT2D eigenvalue weighted by Crippen LogP contribution is 2.40. The molecule has 2 aromatic carbocycles. The lowest BCUT2D eigenvalue weighted by molar-refractivity contribution is -0.122. The molecule has 3 rings (SSSR count). The molecule has 0 aliphatic heterocycles. The number of hydrogen-bond donors (Lipinski definition) is 2. The summed E-state index contributed by atoms with van der Waals surface area (Å²) in [4.78, 5) is 24.2. The summed E-state index contributed by atoms with van der Waals surface area (Å²) in [5, 5.41) is 13.5. The van der Waals surface area contributed by atoms with E-state index < -0.39 is 40.9 Å². The minimum Gasteiger partial charge on any atom is -0.326 e. The third-order valence-electron chi connectivity index (χ3n) is 4.04. The molecule has 0 saturated heterocycles. The van der Waals surface area contributed by atoms with E-state index in [1.165, 1.54) is 0 Å². The van der Waals surface area contributed by atoms with Gasteiger partial charge in [0.1, 0.15) is 0 Å². The predicted molar refractivity (Wildman–Crippen MR) is 86.3 cm³/mol. The van der Waals surface area contributed by atoms with Gasteiger partial charge in [-0.25, -0.2) is 13.2 Å². The van der Waals surface area contributed by atoms with Gasteiger partial charge in [0.15, 0.2) is 17.5 Å². The van der Waals surface area contributed by atoms with Crippen molar-refractivity contribution in [3.05, 3.63) is 59.4 Å². The van der Waals surface area contributed by atoms with Gasteiger partial charge in [-0.15, -0.1) is 0 Å². The number of halogens is 3. The highest BCUT2D eigenvalue weighted by Gasteiger charge is 2.48. The summed E-state index contributed by atoms with van der Waals surface area (Å²) in [6.07, 6.45) is 0.263. The number of benzene rings is 2. The molecule has 0 radical (unpaired) electrons. The summed E-state index contributed by atoms with van der Waals surface area (Å²) in [7, 11) is 0. The Kier molecular flexibility index (Phi) is 4.63. The van der Waals surface area contributed by atoms with Crippen LogP contribution < -0.4 is 10.6 Å². The Morgan fingerprint density at radius 2 is 1.54 bits per heavy atom. The fourth-order valence-corrected chi connectivity index (χ4v) is 2.49. The van der Waals surface area contributed by atoms with E-state index in [0.717, 1.165) is 6.07 Å². The molecule has 2 amide bonds. The molecule has 1 fully saturated rings. The zero-order valence-corrected chi connectivity index (χ0v) is 13.2. The standard InChI is InChI=1S/C18H12F3N3O2/c19-13-5-6-14(16(21)15(13)20)24-18(26)12-7-11(12)17(25)23-10-3-1-9(8-22)2-4-10/h1-6,11-12H,7H2,(H,23,25)(H,24,26). The average Bonchev–Trinajstić information content (AvgIpc) is 3.44. The van der Waals surface area contributed by atoms with Gasteiger partial charge in [0.2, 0.25) is 11.8 Å². The number of amides is 2. The Hall–Kier alpha value is -3.34. The molecule has 1 aliphatic carbocycles. The van der Waals surface area contributed by atoms with Crippen molar-refractivity contribution in [3.8, 4) is 6.07 Å². The van der Waals surface area contributed by atoms with Crippen LogP contribution in [0.3, 0.4) is 0 Å². The van der Waals surface area contributed by atoms with E-state index in [9.17, 15) is 22.8 Å². The third kappa shape index (κ3) is 3.52. The van der Waals surface area contributed by atoms with Crippen LogP contribution in [0.4, 0.5) is 24.5 Å². The first-order valence-electron chi connectivity index (χ1n) is 7.66. The normalized spacial score (nSPS) is 17.9. The molecule has 5 nitrogen and oxygen atoms in total. The van der Waals surface area contributed by atoms with Gasteiger partial charge in [-0.3, -0.25) is 9.59 Å². The molecule has 8 heteroatoms. The van der Waals surface area contributed by atoms with E-state index in [0.29, 0.717) is 17.3 Å². The van der Waals surface area contributed by atoms with Gasteiger partial charge in [0, 0.05) is 5.69 Å². The van der Waals surface area contributed by atoms with E-state index in [1.54, 1.807) is 24.3 Å². The molecule has 0 spiro atoms. The van der Waals surface area contributed by atoms with Gasteiger partial charge in [-0.05, 0) is 42.8 Å². The van der Waals surface area contributed by atoms with E-state index in [1.807, 2.05) is 6.07 Å². The molecular formula is C18H12F3N3O2. The van der Waals surface area contributed by atoms with Crippen LogP contribution in [-0.2, 0) is 9.59 Å². The second-order valence-electron chi connectivity index (χ2n) is 5.84. The first-order chi connectivity index (χ1) is 12.4. The van der Waals surface area contributed by atoms with Gasteiger partial charge >= 0.3 is 0 Å². The molecule has 132 valence electrons. The average molecular weight is 359 g/mol. The summed E-state index contributed by atoms with van der Waals surface area (Å²) in [5.74, 6) is -6.83. The number of nitrogens with zero attached hydrogens (tertiary/aromatic N) is 1. The smallest absolute Gasteiger partial charge is 0.228 e. The Bertz CT molecular complexity index is 923. The second kappa shape index (κ2) is 6.88. The zero-order valence-electron chi connectivity index (χ0n) is 13.2. The molecule has 2 N–H and O–H groups in total. The minimum absolute atomic E-state index is 0.263. The lowest BCUT2D eigenvalue weighted by Crippen LogP contribution is -2.21. The molecule has 0 aromatic heterocycles. The number of anilines is 2. The lowest BCUT2D eigenvalue weighted by atomic mass is 10.2. The number of carbonyl (C=O) groups is 2. The van der Waals surface area contributed by atoms with Crippen LogP contribution in [0.25, 0.3) is 0 Å². The molecule has 1 aliphatic rings. The second-order valence-corrected chi connectivity index (χ2v) is 5.84. The summed E-state index contributed by atoms with van der Waals surface area (Å²) >= 11 is 0. The fraction of sp³-hybridized carbons (Fsp3) is 0.167. The predicted octanol–water partition coefficient (Wildman–Crippen LogP) is 3.19. The van der Waals surface area contributed by atoms with Gasteiger partial charge in [-0.1, -0.05) is 0 Å². The molecule has 26 heavy (non-hydrogen) atoms. The summed E-state index contributed by atoms with van der Waals surface area (Å²) in [6.45, 7) is 0. The van der Waals surface area contributed by atoms with Crippen molar-refractivity contribution >= 4 is 23.2 Å². The van der Waals surface area contributed by atoms with Gasteiger partial charge in [0.25, 0.3) is 0 Å². The SMILES string of the molecule is N#Cc1ccc(NC(=O)C2CC2C(=O)Nc2ccc(F)c(F)c2F)cc1.